The SMILES string of the molecule is Cc1ccccc1-c1nnc(CNC(=O)CC(C)C)o1. The first-order valence-corrected chi connectivity index (χ1v) is 6.71. The van der Waals surface area contributed by atoms with Crippen molar-refractivity contribution < 1.29 is 9.21 Å². The molecule has 2 rings (SSSR count). The molecule has 1 heterocycles. The van der Waals surface area contributed by atoms with Crippen molar-refractivity contribution in [1.29, 1.82) is 0 Å². The van der Waals surface area contributed by atoms with Crippen molar-refractivity contribution in [3.63, 3.8) is 0 Å². The van der Waals surface area contributed by atoms with Crippen molar-refractivity contribution in [2.75, 3.05) is 0 Å². The highest BCUT2D eigenvalue weighted by Gasteiger charge is 2.11. The van der Waals surface area contributed by atoms with Crippen molar-refractivity contribution in [2.45, 2.75) is 33.7 Å². The number of amides is 1. The summed E-state index contributed by atoms with van der Waals surface area (Å²) in [5.41, 5.74) is 1.99. The maximum atomic E-state index is 11.6. The molecule has 106 valence electrons. The molecule has 0 saturated heterocycles. The first-order chi connectivity index (χ1) is 9.56. The maximum Gasteiger partial charge on any atom is 0.248 e. The van der Waals surface area contributed by atoms with E-state index in [2.05, 4.69) is 15.5 Å². The number of rotatable bonds is 5. The zero-order valence-electron chi connectivity index (χ0n) is 12.0. The second kappa shape index (κ2) is 6.32. The van der Waals surface area contributed by atoms with Gasteiger partial charge in [0, 0.05) is 12.0 Å². The zero-order valence-corrected chi connectivity index (χ0v) is 12.0. The summed E-state index contributed by atoms with van der Waals surface area (Å²) in [6.07, 6.45) is 0.499. The Labute approximate surface area is 118 Å². The molecule has 20 heavy (non-hydrogen) atoms. The fourth-order valence-electron chi connectivity index (χ4n) is 1.86. The van der Waals surface area contributed by atoms with Crippen LogP contribution < -0.4 is 5.32 Å². The standard InChI is InChI=1S/C15H19N3O2/c1-10(2)8-13(19)16-9-14-17-18-15(20-14)12-7-5-4-6-11(12)3/h4-7,10H,8-9H2,1-3H3,(H,16,19). The van der Waals surface area contributed by atoms with Crippen molar-refractivity contribution in [2.24, 2.45) is 5.92 Å². The molecule has 0 bridgehead atoms. The second-order valence-electron chi connectivity index (χ2n) is 5.19. The van der Waals surface area contributed by atoms with E-state index in [1.165, 1.54) is 0 Å². The summed E-state index contributed by atoms with van der Waals surface area (Å²) in [6.45, 7) is 6.26. The Kier molecular flexibility index (Phi) is 4.50. The fourth-order valence-corrected chi connectivity index (χ4v) is 1.86. The molecule has 0 fully saturated rings. The van der Waals surface area contributed by atoms with Gasteiger partial charge in [-0.1, -0.05) is 32.0 Å². The largest absolute Gasteiger partial charge is 0.419 e. The topological polar surface area (TPSA) is 68.0 Å². The van der Waals surface area contributed by atoms with Gasteiger partial charge in [-0.05, 0) is 24.5 Å². The van der Waals surface area contributed by atoms with Crippen LogP contribution in [0.5, 0.6) is 0 Å². The van der Waals surface area contributed by atoms with Gasteiger partial charge in [-0.3, -0.25) is 4.79 Å². The normalized spacial score (nSPS) is 10.8. The number of nitrogens with zero attached hydrogens (tertiary/aromatic N) is 2. The van der Waals surface area contributed by atoms with Gasteiger partial charge in [-0.2, -0.15) is 0 Å². The summed E-state index contributed by atoms with van der Waals surface area (Å²) in [5, 5.41) is 10.7. The Hall–Kier alpha value is -2.17. The molecule has 1 aromatic carbocycles. The van der Waals surface area contributed by atoms with E-state index in [0.717, 1.165) is 11.1 Å². The molecule has 0 unspecified atom stereocenters. The smallest absolute Gasteiger partial charge is 0.248 e. The minimum atomic E-state index is -0.00404. The molecule has 5 nitrogen and oxygen atoms in total. The highest BCUT2D eigenvalue weighted by Crippen LogP contribution is 2.21. The van der Waals surface area contributed by atoms with Gasteiger partial charge in [0.25, 0.3) is 0 Å². The van der Waals surface area contributed by atoms with Crippen LogP contribution in [-0.2, 0) is 11.3 Å². The van der Waals surface area contributed by atoms with Gasteiger partial charge >= 0.3 is 0 Å². The predicted octanol–water partition coefficient (Wildman–Crippen LogP) is 2.71. The lowest BCUT2D eigenvalue weighted by Gasteiger charge is -2.04. The Balaban J connectivity index is 2.00. The van der Waals surface area contributed by atoms with Gasteiger partial charge in [0.2, 0.25) is 17.7 Å². The third-order valence-electron chi connectivity index (χ3n) is 2.87. The molecule has 0 saturated carbocycles. The first kappa shape index (κ1) is 14.2. The lowest BCUT2D eigenvalue weighted by molar-refractivity contribution is -0.122. The van der Waals surface area contributed by atoms with Crippen LogP contribution in [0.2, 0.25) is 0 Å². The van der Waals surface area contributed by atoms with Crippen molar-refractivity contribution in [1.82, 2.24) is 15.5 Å². The number of nitrogens with one attached hydrogen (secondary N) is 1. The average molecular weight is 273 g/mol. The molecule has 0 aliphatic rings. The summed E-state index contributed by atoms with van der Waals surface area (Å²) in [6, 6.07) is 7.81. The predicted molar refractivity (Wildman–Crippen MR) is 75.8 cm³/mol. The number of benzene rings is 1. The molecule has 2 aromatic rings. The van der Waals surface area contributed by atoms with E-state index in [4.69, 9.17) is 4.42 Å². The second-order valence-corrected chi connectivity index (χ2v) is 5.19. The van der Waals surface area contributed by atoms with Crippen LogP contribution in [0.4, 0.5) is 0 Å². The molecule has 0 atom stereocenters. The number of carbonyl (C=O) groups is 1. The molecular weight excluding hydrogens is 254 g/mol. The minimum absolute atomic E-state index is 0.00404. The molecule has 0 spiro atoms. The zero-order chi connectivity index (χ0) is 14.5. The van der Waals surface area contributed by atoms with Gasteiger partial charge < -0.3 is 9.73 Å². The van der Waals surface area contributed by atoms with Crippen molar-refractivity contribution in [3.8, 4) is 11.5 Å². The van der Waals surface area contributed by atoms with Crippen molar-refractivity contribution in [3.05, 3.63) is 35.7 Å². The van der Waals surface area contributed by atoms with Gasteiger partial charge in [-0.25, -0.2) is 0 Å². The summed E-state index contributed by atoms with van der Waals surface area (Å²) >= 11 is 0. The monoisotopic (exact) mass is 273 g/mol. The Morgan fingerprint density at radius 3 is 2.75 bits per heavy atom. The highest BCUT2D eigenvalue weighted by molar-refractivity contribution is 5.75. The van der Waals surface area contributed by atoms with E-state index < -0.39 is 0 Å². The first-order valence-electron chi connectivity index (χ1n) is 6.71. The van der Waals surface area contributed by atoms with Gasteiger partial charge in [0.1, 0.15) is 0 Å². The lowest BCUT2D eigenvalue weighted by atomic mass is 10.1. The molecule has 5 heteroatoms. The fraction of sp³-hybridized carbons (Fsp3) is 0.400. The van der Waals surface area contributed by atoms with Crippen LogP contribution in [-0.4, -0.2) is 16.1 Å². The van der Waals surface area contributed by atoms with Crippen LogP contribution in [0.25, 0.3) is 11.5 Å². The van der Waals surface area contributed by atoms with Crippen LogP contribution in [0, 0.1) is 12.8 Å². The van der Waals surface area contributed by atoms with E-state index in [0.29, 0.717) is 24.1 Å². The molecule has 0 radical (unpaired) electrons. The van der Waals surface area contributed by atoms with E-state index in [-0.39, 0.29) is 12.5 Å². The van der Waals surface area contributed by atoms with Gasteiger partial charge in [0.15, 0.2) is 0 Å². The highest BCUT2D eigenvalue weighted by atomic mass is 16.4. The third kappa shape index (κ3) is 3.66. The number of hydrogen-bond donors (Lipinski definition) is 1. The molecule has 1 N–H and O–H groups in total. The van der Waals surface area contributed by atoms with E-state index in [1.54, 1.807) is 0 Å². The quantitative estimate of drug-likeness (QED) is 0.909. The van der Waals surface area contributed by atoms with Crippen LogP contribution >= 0.6 is 0 Å². The maximum absolute atomic E-state index is 11.6. The summed E-state index contributed by atoms with van der Waals surface area (Å²) in [7, 11) is 0. The molecular formula is C15H19N3O2. The Morgan fingerprint density at radius 1 is 1.30 bits per heavy atom. The third-order valence-corrected chi connectivity index (χ3v) is 2.87. The van der Waals surface area contributed by atoms with Crippen molar-refractivity contribution >= 4 is 5.91 Å². The van der Waals surface area contributed by atoms with E-state index >= 15 is 0 Å². The van der Waals surface area contributed by atoms with E-state index in [1.807, 2.05) is 45.0 Å². The summed E-state index contributed by atoms with van der Waals surface area (Å²) in [4.78, 5) is 11.6. The Bertz CT molecular complexity index is 590. The number of aryl methyl sites for hydroxylation is 1. The van der Waals surface area contributed by atoms with E-state index in [9.17, 15) is 4.79 Å². The minimum Gasteiger partial charge on any atom is -0.419 e. The van der Waals surface area contributed by atoms with Gasteiger partial charge in [0.05, 0.1) is 6.54 Å². The van der Waals surface area contributed by atoms with Gasteiger partial charge in [-0.15, -0.1) is 10.2 Å². The molecule has 1 aromatic heterocycles. The molecule has 0 aliphatic carbocycles. The summed E-state index contributed by atoms with van der Waals surface area (Å²) in [5.74, 6) is 1.23. The van der Waals surface area contributed by atoms with Crippen LogP contribution in [0.15, 0.2) is 28.7 Å². The Morgan fingerprint density at radius 2 is 2.05 bits per heavy atom. The average Bonchev–Trinajstić information content (AvgIpc) is 2.85. The number of aromatic nitrogens is 2. The lowest BCUT2D eigenvalue weighted by Crippen LogP contribution is -2.24. The van der Waals surface area contributed by atoms with Crippen LogP contribution in [0.1, 0.15) is 31.7 Å². The van der Waals surface area contributed by atoms with Crippen LogP contribution in [0.3, 0.4) is 0 Å². The molecule has 1 amide bonds. The molecule has 0 aliphatic heterocycles. The number of hydrogen-bond acceptors (Lipinski definition) is 4. The number of carbonyl (C=O) groups excluding carboxylic acids is 1. The summed E-state index contributed by atoms with van der Waals surface area (Å²) < 4.78 is 5.57.